The first kappa shape index (κ1) is 20.0. The fourth-order valence-corrected chi connectivity index (χ4v) is 3.92. The van der Waals surface area contributed by atoms with Crippen LogP contribution in [0.25, 0.3) is 0 Å². The van der Waals surface area contributed by atoms with Crippen LogP contribution < -0.4 is 10.6 Å². The van der Waals surface area contributed by atoms with Crippen LogP contribution in [-0.2, 0) is 11.2 Å². The Labute approximate surface area is 165 Å². The summed E-state index contributed by atoms with van der Waals surface area (Å²) in [6.07, 6.45) is 7.19. The zero-order chi connectivity index (χ0) is 19.2. The second-order valence-electron chi connectivity index (χ2n) is 7.63. The number of hydrogen-bond donors (Lipinski definition) is 3. The number of hydrogen-bond acceptors (Lipinski definition) is 4. The molecular weight excluding hydrogens is 362 g/mol. The molecule has 3 rings (SSSR count). The Balaban J connectivity index is 1.39. The molecule has 2 saturated carbocycles. The summed E-state index contributed by atoms with van der Waals surface area (Å²) in [6, 6.07) is 8.16. The van der Waals surface area contributed by atoms with Crippen LogP contribution in [0.15, 0.2) is 24.3 Å². The van der Waals surface area contributed by atoms with E-state index in [-0.39, 0.29) is 24.7 Å². The molecular formula is C20H29N3O3S. The standard InChI is InChI=1S/C20H29N3O3S/c1-27-9-8-14-4-6-16(7-5-14)21-20(26)22-17-10-18(11-17)23(13-19(24)25)12-15-2-3-15/h4-7,15,17-18H,2-3,8-13H2,1H3,(H,24,25)(H2,21,22,26). The molecule has 0 atom stereocenters. The van der Waals surface area contributed by atoms with Crippen LogP contribution in [0.5, 0.6) is 0 Å². The predicted molar refractivity (Wildman–Crippen MR) is 109 cm³/mol. The topological polar surface area (TPSA) is 81.7 Å². The van der Waals surface area contributed by atoms with Gasteiger partial charge in [-0.15, -0.1) is 0 Å². The molecule has 0 saturated heterocycles. The fourth-order valence-electron chi connectivity index (χ4n) is 3.48. The first-order chi connectivity index (χ1) is 13.0. The lowest BCUT2D eigenvalue weighted by atomic mass is 9.85. The van der Waals surface area contributed by atoms with E-state index in [1.165, 1.54) is 18.4 Å². The highest BCUT2D eigenvalue weighted by atomic mass is 32.2. The van der Waals surface area contributed by atoms with Gasteiger partial charge in [0.05, 0.1) is 6.54 Å². The van der Waals surface area contributed by atoms with Gasteiger partial charge in [-0.05, 0) is 67.7 Å². The Morgan fingerprint density at radius 3 is 2.52 bits per heavy atom. The van der Waals surface area contributed by atoms with Crippen LogP contribution in [0.3, 0.4) is 0 Å². The molecule has 1 aromatic carbocycles. The molecule has 27 heavy (non-hydrogen) atoms. The number of urea groups is 1. The highest BCUT2D eigenvalue weighted by molar-refractivity contribution is 7.98. The minimum absolute atomic E-state index is 0.100. The van der Waals surface area contributed by atoms with Gasteiger partial charge in [-0.25, -0.2) is 4.79 Å². The SMILES string of the molecule is CSCCc1ccc(NC(=O)NC2CC(N(CC(=O)O)CC3CC3)C2)cc1. The summed E-state index contributed by atoms with van der Waals surface area (Å²) < 4.78 is 0. The van der Waals surface area contributed by atoms with Gasteiger partial charge in [-0.1, -0.05) is 12.1 Å². The third-order valence-corrected chi connectivity index (χ3v) is 5.91. The maximum absolute atomic E-state index is 12.2. The molecule has 7 heteroatoms. The van der Waals surface area contributed by atoms with Crippen LogP contribution in [0.4, 0.5) is 10.5 Å². The third-order valence-electron chi connectivity index (χ3n) is 5.30. The number of benzene rings is 1. The maximum Gasteiger partial charge on any atom is 0.319 e. The van der Waals surface area contributed by atoms with E-state index in [4.69, 9.17) is 5.11 Å². The van der Waals surface area contributed by atoms with Crippen molar-refractivity contribution in [3.8, 4) is 0 Å². The van der Waals surface area contributed by atoms with Crippen molar-refractivity contribution in [3.05, 3.63) is 29.8 Å². The van der Waals surface area contributed by atoms with E-state index >= 15 is 0 Å². The fraction of sp³-hybridized carbons (Fsp3) is 0.600. The van der Waals surface area contributed by atoms with Crippen molar-refractivity contribution in [2.45, 2.75) is 44.2 Å². The van der Waals surface area contributed by atoms with E-state index in [1.54, 1.807) is 0 Å². The quantitative estimate of drug-likeness (QED) is 0.571. The first-order valence-corrected chi connectivity index (χ1v) is 11.0. The predicted octanol–water partition coefficient (Wildman–Crippen LogP) is 3.04. The summed E-state index contributed by atoms with van der Waals surface area (Å²) in [6.45, 7) is 0.974. The summed E-state index contributed by atoms with van der Waals surface area (Å²) in [4.78, 5) is 25.3. The van der Waals surface area contributed by atoms with Crippen LogP contribution in [0.2, 0.25) is 0 Å². The number of carbonyl (C=O) groups is 2. The summed E-state index contributed by atoms with van der Waals surface area (Å²) in [5.74, 6) is 0.986. The molecule has 0 bridgehead atoms. The number of rotatable bonds is 10. The molecule has 0 radical (unpaired) electrons. The first-order valence-electron chi connectivity index (χ1n) is 9.64. The second kappa shape index (κ2) is 9.46. The number of nitrogens with one attached hydrogen (secondary N) is 2. The van der Waals surface area contributed by atoms with Gasteiger partial charge in [0.2, 0.25) is 0 Å². The lowest BCUT2D eigenvalue weighted by molar-refractivity contribution is -0.139. The maximum atomic E-state index is 12.2. The molecule has 0 aromatic heterocycles. The number of aliphatic carboxylic acids is 1. The van der Waals surface area contributed by atoms with Gasteiger partial charge in [-0.3, -0.25) is 9.69 Å². The third kappa shape index (κ3) is 6.43. The van der Waals surface area contributed by atoms with Gasteiger partial charge in [0.1, 0.15) is 0 Å². The molecule has 6 nitrogen and oxygen atoms in total. The molecule has 148 valence electrons. The average molecular weight is 392 g/mol. The highest BCUT2D eigenvalue weighted by Gasteiger charge is 2.37. The van der Waals surface area contributed by atoms with Crippen molar-refractivity contribution in [3.63, 3.8) is 0 Å². The van der Waals surface area contributed by atoms with Crippen LogP contribution in [-0.4, -0.2) is 59.2 Å². The minimum atomic E-state index is -0.772. The van der Waals surface area contributed by atoms with Gasteiger partial charge in [0.25, 0.3) is 0 Å². The van der Waals surface area contributed by atoms with Gasteiger partial charge in [-0.2, -0.15) is 11.8 Å². The minimum Gasteiger partial charge on any atom is -0.480 e. The van der Waals surface area contributed by atoms with Crippen molar-refractivity contribution in [1.29, 1.82) is 0 Å². The number of carbonyl (C=O) groups excluding carboxylic acids is 1. The smallest absolute Gasteiger partial charge is 0.319 e. The van der Waals surface area contributed by atoms with Gasteiger partial charge < -0.3 is 15.7 Å². The van der Waals surface area contributed by atoms with E-state index in [1.807, 2.05) is 36.0 Å². The zero-order valence-electron chi connectivity index (χ0n) is 15.8. The lowest BCUT2D eigenvalue weighted by Crippen LogP contribution is -2.55. The average Bonchev–Trinajstić information content (AvgIpc) is 3.40. The Kier molecular flexibility index (Phi) is 7.01. The van der Waals surface area contributed by atoms with Crippen LogP contribution >= 0.6 is 11.8 Å². The molecule has 1 aromatic rings. The number of aryl methyl sites for hydroxylation is 1. The number of anilines is 1. The van der Waals surface area contributed by atoms with Crippen molar-refractivity contribution in [2.24, 2.45) is 5.92 Å². The van der Waals surface area contributed by atoms with Gasteiger partial charge in [0, 0.05) is 24.3 Å². The lowest BCUT2D eigenvalue weighted by Gasteiger charge is -2.42. The Bertz CT molecular complexity index is 642. The van der Waals surface area contributed by atoms with Crippen molar-refractivity contribution < 1.29 is 14.7 Å². The van der Waals surface area contributed by atoms with Gasteiger partial charge in [0.15, 0.2) is 0 Å². The number of nitrogens with zero attached hydrogens (tertiary/aromatic N) is 1. The zero-order valence-corrected chi connectivity index (χ0v) is 16.6. The van der Waals surface area contributed by atoms with E-state index in [0.29, 0.717) is 5.92 Å². The monoisotopic (exact) mass is 391 g/mol. The number of carboxylic acids is 1. The largest absolute Gasteiger partial charge is 0.480 e. The second-order valence-corrected chi connectivity index (χ2v) is 8.61. The number of thioether (sulfide) groups is 1. The summed E-state index contributed by atoms with van der Waals surface area (Å²) in [7, 11) is 0. The Morgan fingerprint density at radius 1 is 1.22 bits per heavy atom. The highest BCUT2D eigenvalue weighted by Crippen LogP contribution is 2.33. The summed E-state index contributed by atoms with van der Waals surface area (Å²) >= 11 is 1.82. The summed E-state index contributed by atoms with van der Waals surface area (Å²) in [5, 5.41) is 15.0. The number of carboxylic acid groups (broad SMARTS) is 1. The summed E-state index contributed by atoms with van der Waals surface area (Å²) in [5.41, 5.74) is 2.06. The van der Waals surface area contributed by atoms with E-state index in [9.17, 15) is 9.59 Å². The molecule has 2 fully saturated rings. The van der Waals surface area contributed by atoms with Crippen LogP contribution in [0, 0.1) is 5.92 Å². The van der Waals surface area contributed by atoms with E-state index in [2.05, 4.69) is 21.8 Å². The molecule has 0 heterocycles. The normalized spacial score (nSPS) is 21.6. The van der Waals surface area contributed by atoms with Crippen molar-refractivity contribution in [1.82, 2.24) is 10.2 Å². The molecule has 0 aliphatic heterocycles. The molecule has 0 unspecified atom stereocenters. The van der Waals surface area contributed by atoms with Crippen molar-refractivity contribution in [2.75, 3.05) is 30.4 Å². The molecule has 0 spiro atoms. The van der Waals surface area contributed by atoms with E-state index in [0.717, 1.165) is 37.2 Å². The number of amides is 2. The molecule has 2 amide bonds. The van der Waals surface area contributed by atoms with Crippen LogP contribution in [0.1, 0.15) is 31.2 Å². The Hall–Kier alpha value is -1.73. The van der Waals surface area contributed by atoms with Gasteiger partial charge >= 0.3 is 12.0 Å². The Morgan fingerprint density at radius 2 is 1.93 bits per heavy atom. The van der Waals surface area contributed by atoms with E-state index < -0.39 is 5.97 Å². The van der Waals surface area contributed by atoms with Crippen molar-refractivity contribution >= 4 is 29.4 Å². The molecule has 2 aliphatic carbocycles. The molecule has 3 N–H and O–H groups in total. The molecule has 2 aliphatic rings.